The summed E-state index contributed by atoms with van der Waals surface area (Å²) in [4.78, 5) is 13.0. The van der Waals surface area contributed by atoms with Gasteiger partial charge in [-0.1, -0.05) is 72.8 Å². The van der Waals surface area contributed by atoms with Crippen molar-refractivity contribution >= 4 is 21.4 Å². The fourth-order valence-corrected chi connectivity index (χ4v) is 4.13. The zero-order chi connectivity index (χ0) is 23.3. The lowest BCUT2D eigenvalue weighted by Gasteiger charge is -2.18. The number of rotatable bonds is 7. The van der Waals surface area contributed by atoms with Gasteiger partial charge in [0.2, 0.25) is 5.91 Å². The van der Waals surface area contributed by atoms with Crippen LogP contribution in [0, 0.1) is 0 Å². The Balaban J connectivity index is 1.52. The van der Waals surface area contributed by atoms with Crippen molar-refractivity contribution in [1.82, 2.24) is 10.2 Å². The van der Waals surface area contributed by atoms with Crippen LogP contribution in [0.1, 0.15) is 23.5 Å². The first-order valence-corrected chi connectivity index (χ1v) is 12.3. The highest BCUT2D eigenvalue weighted by Crippen LogP contribution is 2.29. The summed E-state index contributed by atoms with van der Waals surface area (Å²) in [6.07, 6.45) is 1.38. The Morgan fingerprint density at radius 2 is 1.45 bits per heavy atom. The van der Waals surface area contributed by atoms with Crippen molar-refractivity contribution in [2.24, 2.45) is 0 Å². The maximum absolute atomic E-state index is 13.0. The van der Waals surface area contributed by atoms with Crippen molar-refractivity contribution in [2.75, 3.05) is 11.6 Å². The van der Waals surface area contributed by atoms with Crippen molar-refractivity contribution in [2.45, 2.75) is 17.4 Å². The van der Waals surface area contributed by atoms with E-state index in [9.17, 15) is 13.2 Å². The Morgan fingerprint density at radius 3 is 2.00 bits per heavy atom. The third-order valence-corrected chi connectivity index (χ3v) is 6.23. The molecule has 1 heterocycles. The van der Waals surface area contributed by atoms with E-state index in [1.807, 2.05) is 72.8 Å². The summed E-state index contributed by atoms with van der Waals surface area (Å²) in [7, 11) is -3.41. The van der Waals surface area contributed by atoms with Gasteiger partial charge in [0.15, 0.2) is 14.9 Å². The predicted octanol–water partition coefficient (Wildman–Crippen LogP) is 4.71. The number of nitrogens with one attached hydrogen (secondary N) is 1. The van der Waals surface area contributed by atoms with Gasteiger partial charge in [0.05, 0.1) is 5.69 Å². The highest BCUT2D eigenvalue weighted by atomic mass is 32.2. The molecule has 0 unspecified atom stereocenters. The predicted molar refractivity (Wildman–Crippen MR) is 129 cm³/mol. The second kappa shape index (κ2) is 9.75. The third kappa shape index (κ3) is 5.70. The minimum atomic E-state index is -3.41. The Labute approximate surface area is 193 Å². The molecular formula is C26H23N3O3S. The molecule has 0 aliphatic heterocycles. The largest absolute Gasteiger partial charge is 0.326 e. The fourth-order valence-electron chi connectivity index (χ4n) is 3.62. The summed E-state index contributed by atoms with van der Waals surface area (Å²) in [6.45, 7) is 0. The summed E-state index contributed by atoms with van der Waals surface area (Å²) in [5, 5.41) is 10.7. The Kier molecular flexibility index (Phi) is 6.60. The van der Waals surface area contributed by atoms with Crippen molar-refractivity contribution in [3.8, 4) is 11.3 Å². The number of carbonyl (C=O) groups is 1. The number of amides is 1. The molecule has 4 rings (SSSR count). The van der Waals surface area contributed by atoms with Gasteiger partial charge in [0, 0.05) is 29.8 Å². The van der Waals surface area contributed by atoms with Gasteiger partial charge < -0.3 is 5.32 Å². The first kappa shape index (κ1) is 22.4. The molecule has 3 aromatic carbocycles. The van der Waals surface area contributed by atoms with Crippen LogP contribution in [0.4, 0.5) is 5.69 Å². The van der Waals surface area contributed by atoms with E-state index in [1.165, 1.54) is 6.07 Å². The first-order valence-electron chi connectivity index (χ1n) is 10.4. The van der Waals surface area contributed by atoms with Crippen molar-refractivity contribution < 1.29 is 13.2 Å². The zero-order valence-corrected chi connectivity index (χ0v) is 18.9. The maximum atomic E-state index is 13.0. The molecule has 0 spiro atoms. The Bertz CT molecular complexity index is 1300. The molecule has 166 valence electrons. The molecule has 0 bridgehead atoms. The van der Waals surface area contributed by atoms with Gasteiger partial charge in [0.1, 0.15) is 0 Å². The number of aromatic nitrogens is 2. The number of anilines is 1. The fraction of sp³-hybridized carbons (Fsp3) is 0.115. The normalized spacial score (nSPS) is 11.3. The minimum absolute atomic E-state index is 0.0648. The van der Waals surface area contributed by atoms with E-state index < -0.39 is 9.84 Å². The van der Waals surface area contributed by atoms with Gasteiger partial charge in [-0.2, -0.15) is 0 Å². The summed E-state index contributed by atoms with van der Waals surface area (Å²) in [5.74, 6) is -0.173. The van der Waals surface area contributed by atoms with Crippen LogP contribution in [-0.4, -0.2) is 30.8 Å². The molecule has 1 N–H and O–H groups in total. The van der Waals surface area contributed by atoms with E-state index in [2.05, 4.69) is 15.5 Å². The number of benzene rings is 3. The maximum Gasteiger partial charge on any atom is 0.225 e. The van der Waals surface area contributed by atoms with Crippen LogP contribution in [0.5, 0.6) is 0 Å². The monoisotopic (exact) mass is 457 g/mol. The zero-order valence-electron chi connectivity index (χ0n) is 18.0. The molecule has 0 atom stereocenters. The van der Waals surface area contributed by atoms with Crippen LogP contribution in [0.25, 0.3) is 11.3 Å². The number of sulfone groups is 1. The third-order valence-electron chi connectivity index (χ3n) is 5.26. The molecule has 33 heavy (non-hydrogen) atoms. The van der Waals surface area contributed by atoms with Crippen molar-refractivity contribution in [3.05, 3.63) is 108 Å². The summed E-state index contributed by atoms with van der Waals surface area (Å²) in [6, 6.07) is 30.2. The molecule has 0 fully saturated rings. The van der Waals surface area contributed by atoms with Gasteiger partial charge in [-0.3, -0.25) is 4.79 Å². The Hall–Kier alpha value is -3.84. The van der Waals surface area contributed by atoms with Gasteiger partial charge >= 0.3 is 0 Å². The quantitative estimate of drug-likeness (QED) is 0.434. The van der Waals surface area contributed by atoms with Gasteiger partial charge in [-0.25, -0.2) is 8.42 Å². The van der Waals surface area contributed by atoms with Crippen molar-refractivity contribution in [1.29, 1.82) is 0 Å². The van der Waals surface area contributed by atoms with E-state index in [0.717, 1.165) is 22.9 Å². The van der Waals surface area contributed by atoms with Crippen LogP contribution in [0.2, 0.25) is 0 Å². The average molecular weight is 458 g/mol. The molecule has 1 aromatic heterocycles. The van der Waals surface area contributed by atoms with Gasteiger partial charge in [-0.05, 0) is 35.4 Å². The molecule has 0 aliphatic rings. The number of hydrogen-bond donors (Lipinski definition) is 1. The van der Waals surface area contributed by atoms with E-state index >= 15 is 0 Å². The number of hydrogen-bond acceptors (Lipinski definition) is 5. The number of nitrogens with zero attached hydrogens (tertiary/aromatic N) is 2. The van der Waals surface area contributed by atoms with Gasteiger partial charge in [-0.15, -0.1) is 10.2 Å². The van der Waals surface area contributed by atoms with Crippen LogP contribution < -0.4 is 5.32 Å². The van der Waals surface area contributed by atoms with Crippen molar-refractivity contribution in [3.63, 3.8) is 0 Å². The van der Waals surface area contributed by atoms with Crippen LogP contribution >= 0.6 is 0 Å². The van der Waals surface area contributed by atoms with Crippen LogP contribution in [0.3, 0.4) is 0 Å². The summed E-state index contributed by atoms with van der Waals surface area (Å²) in [5.41, 5.74) is 4.03. The SMILES string of the molecule is CS(=O)(=O)c1ccc(-c2cccc(NC(=O)CC(c3ccccc3)c3ccccc3)c2)nn1. The highest BCUT2D eigenvalue weighted by molar-refractivity contribution is 7.90. The topological polar surface area (TPSA) is 89.0 Å². The van der Waals surface area contributed by atoms with Crippen LogP contribution in [0.15, 0.2) is 102 Å². The van der Waals surface area contributed by atoms with E-state index in [0.29, 0.717) is 17.8 Å². The second-order valence-electron chi connectivity index (χ2n) is 7.74. The molecule has 4 aromatic rings. The second-order valence-corrected chi connectivity index (χ2v) is 9.70. The lowest BCUT2D eigenvalue weighted by molar-refractivity contribution is -0.116. The summed E-state index contributed by atoms with van der Waals surface area (Å²) < 4.78 is 23.2. The molecule has 0 radical (unpaired) electrons. The molecule has 0 aliphatic carbocycles. The van der Waals surface area contributed by atoms with E-state index in [1.54, 1.807) is 18.2 Å². The standard InChI is InChI=1S/C26H23N3O3S/c1-33(31,32)26-16-15-24(28-29-26)21-13-8-14-22(17-21)27-25(30)18-23(19-9-4-2-5-10-19)20-11-6-3-7-12-20/h2-17,23H,18H2,1H3,(H,27,30). The molecule has 7 heteroatoms. The molecule has 0 saturated heterocycles. The average Bonchev–Trinajstić information content (AvgIpc) is 2.83. The number of carbonyl (C=O) groups excluding carboxylic acids is 1. The lowest BCUT2D eigenvalue weighted by Crippen LogP contribution is -2.16. The van der Waals surface area contributed by atoms with E-state index in [4.69, 9.17) is 0 Å². The Morgan fingerprint density at radius 1 is 0.818 bits per heavy atom. The molecule has 0 saturated carbocycles. The van der Waals surface area contributed by atoms with Gasteiger partial charge in [0.25, 0.3) is 0 Å². The molecular weight excluding hydrogens is 434 g/mol. The lowest BCUT2D eigenvalue weighted by atomic mass is 9.88. The van der Waals surface area contributed by atoms with Crippen LogP contribution in [-0.2, 0) is 14.6 Å². The minimum Gasteiger partial charge on any atom is -0.326 e. The summed E-state index contributed by atoms with van der Waals surface area (Å²) >= 11 is 0. The first-order chi connectivity index (χ1) is 15.9. The smallest absolute Gasteiger partial charge is 0.225 e. The molecule has 1 amide bonds. The van der Waals surface area contributed by atoms with E-state index in [-0.39, 0.29) is 16.9 Å². The molecule has 6 nitrogen and oxygen atoms in total. The highest BCUT2D eigenvalue weighted by Gasteiger charge is 2.18.